The summed E-state index contributed by atoms with van der Waals surface area (Å²) in [6, 6.07) is 2.04. The number of hydrogen-bond donors (Lipinski definition) is 2. The summed E-state index contributed by atoms with van der Waals surface area (Å²) in [6.07, 6.45) is 2.70. The molecule has 16 heavy (non-hydrogen) atoms. The van der Waals surface area contributed by atoms with Gasteiger partial charge in [-0.2, -0.15) is 5.10 Å². The monoisotopic (exact) mass is 224 g/mol. The lowest BCUT2D eigenvalue weighted by atomic mass is 10.2. The molecule has 2 rings (SSSR count). The summed E-state index contributed by atoms with van der Waals surface area (Å²) in [7, 11) is 1.94. The summed E-state index contributed by atoms with van der Waals surface area (Å²) in [4.78, 5) is 0. The predicted molar refractivity (Wildman–Crippen MR) is 63.4 cm³/mol. The lowest BCUT2D eigenvalue weighted by Gasteiger charge is -2.13. The van der Waals surface area contributed by atoms with E-state index in [0.29, 0.717) is 6.54 Å². The van der Waals surface area contributed by atoms with Crippen molar-refractivity contribution in [3.8, 4) is 0 Å². The Morgan fingerprint density at radius 1 is 1.56 bits per heavy atom. The number of rotatable bonds is 4. The van der Waals surface area contributed by atoms with Crippen LogP contribution in [0.25, 0.3) is 0 Å². The number of nitrogens with two attached hydrogens (primary N) is 1. The first-order chi connectivity index (χ1) is 7.69. The van der Waals surface area contributed by atoms with Crippen molar-refractivity contribution in [1.82, 2.24) is 9.78 Å². The molecule has 5 nitrogen and oxygen atoms in total. The quantitative estimate of drug-likeness (QED) is 0.788. The molecule has 90 valence electrons. The molecule has 1 aliphatic rings. The van der Waals surface area contributed by atoms with Gasteiger partial charge in [0.2, 0.25) is 0 Å². The summed E-state index contributed by atoms with van der Waals surface area (Å²) in [5.41, 5.74) is 6.60. The van der Waals surface area contributed by atoms with Gasteiger partial charge in [-0.15, -0.1) is 0 Å². The molecule has 2 atom stereocenters. The van der Waals surface area contributed by atoms with E-state index in [0.717, 1.165) is 30.9 Å². The van der Waals surface area contributed by atoms with E-state index < -0.39 is 0 Å². The van der Waals surface area contributed by atoms with E-state index in [1.807, 2.05) is 24.7 Å². The molecule has 0 spiro atoms. The van der Waals surface area contributed by atoms with Crippen molar-refractivity contribution in [3.05, 3.63) is 11.8 Å². The maximum absolute atomic E-state index is 5.76. The Morgan fingerprint density at radius 3 is 2.88 bits per heavy atom. The van der Waals surface area contributed by atoms with E-state index in [1.165, 1.54) is 0 Å². The van der Waals surface area contributed by atoms with Crippen molar-refractivity contribution in [1.29, 1.82) is 0 Å². The zero-order chi connectivity index (χ0) is 11.5. The van der Waals surface area contributed by atoms with Crippen LogP contribution in [0.1, 0.15) is 18.5 Å². The summed E-state index contributed by atoms with van der Waals surface area (Å²) in [6.45, 7) is 3.44. The molecule has 0 aliphatic carbocycles. The van der Waals surface area contributed by atoms with Gasteiger partial charge >= 0.3 is 0 Å². The third kappa shape index (κ3) is 2.54. The predicted octanol–water partition coefficient (Wildman–Crippen LogP) is 0.647. The van der Waals surface area contributed by atoms with Gasteiger partial charge in [-0.3, -0.25) is 4.68 Å². The minimum atomic E-state index is 0.250. The molecule has 1 saturated heterocycles. The van der Waals surface area contributed by atoms with Gasteiger partial charge in [-0.25, -0.2) is 0 Å². The van der Waals surface area contributed by atoms with E-state index >= 15 is 0 Å². The van der Waals surface area contributed by atoms with Gasteiger partial charge in [0.1, 0.15) is 5.82 Å². The molecule has 5 heteroatoms. The van der Waals surface area contributed by atoms with Crippen LogP contribution in [-0.4, -0.2) is 35.1 Å². The van der Waals surface area contributed by atoms with Crippen LogP contribution in [0, 0.1) is 6.92 Å². The van der Waals surface area contributed by atoms with Gasteiger partial charge in [0.05, 0.1) is 17.9 Å². The lowest BCUT2D eigenvalue weighted by molar-refractivity contribution is 0.0577. The van der Waals surface area contributed by atoms with Crippen LogP contribution in [0.15, 0.2) is 6.07 Å². The third-order valence-electron chi connectivity index (χ3n) is 2.97. The van der Waals surface area contributed by atoms with Crippen LogP contribution in [-0.2, 0) is 11.8 Å². The second kappa shape index (κ2) is 4.84. The van der Waals surface area contributed by atoms with Crippen molar-refractivity contribution in [2.45, 2.75) is 32.0 Å². The average molecular weight is 224 g/mol. The van der Waals surface area contributed by atoms with Gasteiger partial charge in [-0.1, -0.05) is 0 Å². The Hall–Kier alpha value is -1.07. The first kappa shape index (κ1) is 11.4. The molecule has 0 saturated carbocycles. The number of aromatic nitrogens is 2. The number of hydrogen-bond acceptors (Lipinski definition) is 4. The Kier molecular flexibility index (Phi) is 3.46. The van der Waals surface area contributed by atoms with Crippen molar-refractivity contribution < 1.29 is 4.74 Å². The van der Waals surface area contributed by atoms with Crippen molar-refractivity contribution in [3.63, 3.8) is 0 Å². The molecule has 0 aromatic carbocycles. The molecule has 1 aliphatic heterocycles. The fourth-order valence-electron chi connectivity index (χ4n) is 2.10. The maximum Gasteiger partial charge on any atom is 0.124 e. The molecule has 2 unspecified atom stereocenters. The van der Waals surface area contributed by atoms with E-state index in [-0.39, 0.29) is 12.2 Å². The molecule has 1 aromatic rings. The highest BCUT2D eigenvalue weighted by molar-refractivity contribution is 5.36. The minimum absolute atomic E-state index is 0.250. The molecule has 0 amide bonds. The molecule has 0 radical (unpaired) electrons. The highest BCUT2D eigenvalue weighted by Gasteiger charge is 2.23. The summed E-state index contributed by atoms with van der Waals surface area (Å²) in [5, 5.41) is 7.64. The Bertz CT molecular complexity index is 350. The molecule has 3 N–H and O–H groups in total. The molecular weight excluding hydrogens is 204 g/mol. The number of nitrogens with one attached hydrogen (secondary N) is 1. The van der Waals surface area contributed by atoms with Gasteiger partial charge in [0.15, 0.2) is 0 Å². The zero-order valence-corrected chi connectivity index (χ0v) is 9.94. The molecular formula is C11H20N4O. The van der Waals surface area contributed by atoms with Gasteiger partial charge in [-0.05, 0) is 19.8 Å². The van der Waals surface area contributed by atoms with Crippen LogP contribution in [0.3, 0.4) is 0 Å². The van der Waals surface area contributed by atoms with Crippen LogP contribution in [0.2, 0.25) is 0 Å². The number of ether oxygens (including phenoxy) is 1. The van der Waals surface area contributed by atoms with Gasteiger partial charge in [0.25, 0.3) is 0 Å². The lowest BCUT2D eigenvalue weighted by Crippen LogP contribution is -2.24. The highest BCUT2D eigenvalue weighted by Crippen LogP contribution is 2.19. The van der Waals surface area contributed by atoms with Crippen molar-refractivity contribution in [2.24, 2.45) is 12.8 Å². The van der Waals surface area contributed by atoms with E-state index in [2.05, 4.69) is 10.4 Å². The van der Waals surface area contributed by atoms with Crippen LogP contribution in [0.4, 0.5) is 5.82 Å². The van der Waals surface area contributed by atoms with Crippen molar-refractivity contribution >= 4 is 5.82 Å². The molecule has 1 fully saturated rings. The van der Waals surface area contributed by atoms with Gasteiger partial charge in [0, 0.05) is 26.2 Å². The van der Waals surface area contributed by atoms with E-state index in [4.69, 9.17) is 10.5 Å². The number of anilines is 1. The van der Waals surface area contributed by atoms with Crippen LogP contribution < -0.4 is 11.1 Å². The second-order valence-corrected chi connectivity index (χ2v) is 4.37. The fraction of sp³-hybridized carbons (Fsp3) is 0.727. The largest absolute Gasteiger partial charge is 0.372 e. The van der Waals surface area contributed by atoms with Crippen LogP contribution >= 0.6 is 0 Å². The topological polar surface area (TPSA) is 65.1 Å². The average Bonchev–Trinajstić information content (AvgIpc) is 2.82. The van der Waals surface area contributed by atoms with Gasteiger partial charge < -0.3 is 15.8 Å². The first-order valence-corrected chi connectivity index (χ1v) is 5.79. The smallest absolute Gasteiger partial charge is 0.124 e. The zero-order valence-electron chi connectivity index (χ0n) is 9.94. The summed E-state index contributed by atoms with van der Waals surface area (Å²) < 4.78 is 7.61. The third-order valence-corrected chi connectivity index (χ3v) is 2.97. The minimum Gasteiger partial charge on any atom is -0.372 e. The SMILES string of the molecule is Cc1cc(NCC2CCC(CN)O2)n(C)n1. The molecule has 2 heterocycles. The molecule has 0 bridgehead atoms. The van der Waals surface area contributed by atoms with Crippen molar-refractivity contribution in [2.75, 3.05) is 18.4 Å². The Labute approximate surface area is 96.0 Å². The standard InChI is InChI=1S/C11H20N4O/c1-8-5-11(15(2)14-8)13-7-10-4-3-9(6-12)16-10/h5,9-10,13H,3-4,6-7,12H2,1-2H3. The maximum atomic E-state index is 5.76. The first-order valence-electron chi connectivity index (χ1n) is 5.79. The fourth-order valence-corrected chi connectivity index (χ4v) is 2.10. The second-order valence-electron chi connectivity index (χ2n) is 4.37. The number of nitrogens with zero attached hydrogens (tertiary/aromatic N) is 2. The Morgan fingerprint density at radius 2 is 2.31 bits per heavy atom. The molecule has 1 aromatic heterocycles. The number of aryl methyl sites for hydroxylation is 2. The van der Waals surface area contributed by atoms with Crippen LogP contribution in [0.5, 0.6) is 0 Å². The van der Waals surface area contributed by atoms with E-state index in [9.17, 15) is 0 Å². The Balaban J connectivity index is 1.82. The summed E-state index contributed by atoms with van der Waals surface area (Å²) in [5.74, 6) is 1.04. The normalized spacial score (nSPS) is 24.9. The summed E-state index contributed by atoms with van der Waals surface area (Å²) >= 11 is 0. The van der Waals surface area contributed by atoms with E-state index in [1.54, 1.807) is 0 Å². The highest BCUT2D eigenvalue weighted by atomic mass is 16.5.